The zero-order chi connectivity index (χ0) is 9.26. The van der Waals surface area contributed by atoms with E-state index in [9.17, 15) is 9.59 Å². The fourth-order valence-electron chi connectivity index (χ4n) is 1.11. The molecule has 2 aromatic heterocycles. The van der Waals surface area contributed by atoms with Crippen molar-refractivity contribution in [3.05, 3.63) is 24.3 Å². The van der Waals surface area contributed by atoms with Crippen molar-refractivity contribution in [3.8, 4) is 0 Å². The molecule has 64 valence electrons. The average Bonchev–Trinajstić information content (AvgIpc) is 2.63. The van der Waals surface area contributed by atoms with Gasteiger partial charge in [-0.05, 0) is 6.07 Å². The summed E-state index contributed by atoms with van der Waals surface area (Å²) in [6, 6.07) is 1.71. The lowest BCUT2D eigenvalue weighted by molar-refractivity contribution is -0.104. The van der Waals surface area contributed by atoms with Crippen molar-refractivity contribution >= 4 is 23.1 Å². The van der Waals surface area contributed by atoms with Crippen LogP contribution in [0.5, 0.6) is 0 Å². The molecule has 0 aliphatic carbocycles. The highest BCUT2D eigenvalue weighted by molar-refractivity contribution is 6.35. The molecule has 0 aromatic carbocycles. The van der Waals surface area contributed by atoms with Crippen molar-refractivity contribution in [2.75, 3.05) is 0 Å². The number of aldehydes is 1. The number of nitrogens with one attached hydrogen (secondary N) is 1. The number of fused-ring (bicyclic) bond motifs is 1. The maximum absolute atomic E-state index is 11.0. The number of hydrogen-bond acceptors (Lipinski definition) is 4. The molecule has 5 heteroatoms. The zero-order valence-corrected chi connectivity index (χ0v) is 6.52. The molecule has 0 aliphatic rings. The maximum atomic E-state index is 11.0. The van der Waals surface area contributed by atoms with E-state index in [0.717, 1.165) is 0 Å². The predicted molar refractivity (Wildman–Crippen MR) is 44.3 cm³/mol. The second-order valence-corrected chi connectivity index (χ2v) is 2.44. The number of carbonyl (C=O) groups is 2. The van der Waals surface area contributed by atoms with Crippen LogP contribution < -0.4 is 0 Å². The highest BCUT2D eigenvalue weighted by Crippen LogP contribution is 2.11. The summed E-state index contributed by atoms with van der Waals surface area (Å²) in [6.07, 6.45) is 3.14. The molecule has 0 aliphatic heterocycles. The van der Waals surface area contributed by atoms with Gasteiger partial charge in [0.15, 0.2) is 6.29 Å². The first kappa shape index (κ1) is 7.60. The lowest BCUT2D eigenvalue weighted by Gasteiger charge is -1.93. The molecule has 0 unspecified atom stereocenters. The SMILES string of the molecule is O=CC(=O)c1ncnc2cc[nH]c12. The average molecular weight is 175 g/mol. The van der Waals surface area contributed by atoms with E-state index >= 15 is 0 Å². The summed E-state index contributed by atoms with van der Waals surface area (Å²) < 4.78 is 0. The molecule has 0 fully saturated rings. The number of H-pyrrole nitrogens is 1. The molecule has 0 radical (unpaired) electrons. The van der Waals surface area contributed by atoms with Gasteiger partial charge >= 0.3 is 0 Å². The topological polar surface area (TPSA) is 75.7 Å². The Kier molecular flexibility index (Phi) is 1.63. The largest absolute Gasteiger partial charge is 0.358 e. The second kappa shape index (κ2) is 2.78. The monoisotopic (exact) mass is 175 g/mol. The Balaban J connectivity index is 2.74. The zero-order valence-electron chi connectivity index (χ0n) is 6.52. The van der Waals surface area contributed by atoms with Crippen LogP contribution >= 0.6 is 0 Å². The van der Waals surface area contributed by atoms with Crippen LogP contribution in [0, 0.1) is 0 Å². The molecule has 0 saturated heterocycles. The molecular weight excluding hydrogens is 170 g/mol. The number of hydrogen-bond donors (Lipinski definition) is 1. The fourth-order valence-corrected chi connectivity index (χ4v) is 1.11. The van der Waals surface area contributed by atoms with Gasteiger partial charge in [-0.15, -0.1) is 0 Å². The first-order valence-electron chi connectivity index (χ1n) is 3.60. The van der Waals surface area contributed by atoms with E-state index in [0.29, 0.717) is 11.0 Å². The number of aromatic amines is 1. The van der Waals surface area contributed by atoms with Gasteiger partial charge in [0.1, 0.15) is 12.0 Å². The smallest absolute Gasteiger partial charge is 0.245 e. The Bertz CT molecular complexity index is 475. The van der Waals surface area contributed by atoms with E-state index in [1.807, 2.05) is 0 Å². The normalized spacial score (nSPS) is 10.2. The molecule has 13 heavy (non-hydrogen) atoms. The van der Waals surface area contributed by atoms with Crippen LogP contribution in [0.25, 0.3) is 11.0 Å². The third-order valence-electron chi connectivity index (χ3n) is 1.69. The van der Waals surface area contributed by atoms with E-state index in [2.05, 4.69) is 15.0 Å². The van der Waals surface area contributed by atoms with Crippen LogP contribution in [0.1, 0.15) is 10.5 Å². The minimum Gasteiger partial charge on any atom is -0.358 e. The standard InChI is InChI=1S/C8H5N3O2/c12-3-6(13)8-7-5(1-2-9-7)10-4-11-8/h1-4,9H. The van der Waals surface area contributed by atoms with Crippen LogP contribution in [0.3, 0.4) is 0 Å². The van der Waals surface area contributed by atoms with E-state index in [1.165, 1.54) is 6.33 Å². The summed E-state index contributed by atoms with van der Waals surface area (Å²) in [7, 11) is 0. The van der Waals surface area contributed by atoms with E-state index in [-0.39, 0.29) is 12.0 Å². The molecule has 2 rings (SSSR count). The van der Waals surface area contributed by atoms with Crippen molar-refractivity contribution in [3.63, 3.8) is 0 Å². The summed E-state index contributed by atoms with van der Waals surface area (Å²) in [6.45, 7) is 0. The first-order chi connectivity index (χ1) is 6.33. The van der Waals surface area contributed by atoms with Crippen LogP contribution in [-0.4, -0.2) is 27.0 Å². The molecule has 1 N–H and O–H groups in total. The van der Waals surface area contributed by atoms with Gasteiger partial charge in [0.25, 0.3) is 0 Å². The van der Waals surface area contributed by atoms with E-state index < -0.39 is 5.78 Å². The van der Waals surface area contributed by atoms with Gasteiger partial charge in [-0.3, -0.25) is 9.59 Å². The lowest BCUT2D eigenvalue weighted by Crippen LogP contribution is -2.04. The molecule has 2 aromatic rings. The van der Waals surface area contributed by atoms with Gasteiger partial charge in [0, 0.05) is 6.20 Å². The van der Waals surface area contributed by atoms with Gasteiger partial charge in [0.2, 0.25) is 5.78 Å². The Morgan fingerprint density at radius 3 is 3.08 bits per heavy atom. The third kappa shape index (κ3) is 1.10. The third-order valence-corrected chi connectivity index (χ3v) is 1.69. The highest BCUT2D eigenvalue weighted by atomic mass is 16.2. The molecule has 5 nitrogen and oxygen atoms in total. The maximum Gasteiger partial charge on any atom is 0.245 e. The van der Waals surface area contributed by atoms with Gasteiger partial charge in [-0.2, -0.15) is 0 Å². The molecular formula is C8H5N3O2. The van der Waals surface area contributed by atoms with Gasteiger partial charge in [-0.1, -0.05) is 0 Å². The van der Waals surface area contributed by atoms with E-state index in [1.54, 1.807) is 12.3 Å². The van der Waals surface area contributed by atoms with E-state index in [4.69, 9.17) is 0 Å². The molecule has 0 amide bonds. The number of Topliss-reactive ketones (excluding diaryl/α,β-unsaturated/α-hetero) is 1. The molecule has 0 spiro atoms. The Hall–Kier alpha value is -2.04. The highest BCUT2D eigenvalue weighted by Gasteiger charge is 2.11. The molecule has 0 saturated carbocycles. The Morgan fingerprint density at radius 2 is 2.31 bits per heavy atom. The minimum absolute atomic E-state index is 0.116. The van der Waals surface area contributed by atoms with Crippen molar-refractivity contribution < 1.29 is 9.59 Å². The van der Waals surface area contributed by atoms with Crippen LogP contribution in [0.4, 0.5) is 0 Å². The Morgan fingerprint density at radius 1 is 1.46 bits per heavy atom. The van der Waals surface area contributed by atoms with Crippen molar-refractivity contribution in [1.29, 1.82) is 0 Å². The van der Waals surface area contributed by atoms with Gasteiger partial charge < -0.3 is 4.98 Å². The predicted octanol–water partition coefficient (Wildman–Crippen LogP) is 0.340. The second-order valence-electron chi connectivity index (χ2n) is 2.44. The number of ketones is 1. The molecule has 0 atom stereocenters. The fraction of sp³-hybridized carbons (Fsp3) is 0. The minimum atomic E-state index is -0.644. The van der Waals surface area contributed by atoms with Crippen molar-refractivity contribution in [2.24, 2.45) is 0 Å². The summed E-state index contributed by atoms with van der Waals surface area (Å²) in [4.78, 5) is 31.7. The Labute approximate surface area is 72.8 Å². The van der Waals surface area contributed by atoms with Crippen LogP contribution in [0.15, 0.2) is 18.6 Å². The lowest BCUT2D eigenvalue weighted by atomic mass is 10.2. The number of aromatic nitrogens is 3. The summed E-state index contributed by atoms with van der Waals surface area (Å²) >= 11 is 0. The van der Waals surface area contributed by atoms with Gasteiger partial charge in [-0.25, -0.2) is 9.97 Å². The quantitative estimate of drug-likeness (QED) is 0.405. The summed E-state index contributed by atoms with van der Waals surface area (Å²) in [5, 5.41) is 0. The number of nitrogens with zero attached hydrogens (tertiary/aromatic N) is 2. The van der Waals surface area contributed by atoms with Crippen LogP contribution in [0.2, 0.25) is 0 Å². The van der Waals surface area contributed by atoms with Crippen molar-refractivity contribution in [2.45, 2.75) is 0 Å². The summed E-state index contributed by atoms with van der Waals surface area (Å²) in [5.74, 6) is -0.644. The number of carbonyl (C=O) groups excluding carboxylic acids is 2. The van der Waals surface area contributed by atoms with Gasteiger partial charge in [0.05, 0.1) is 11.0 Å². The first-order valence-corrected chi connectivity index (χ1v) is 3.60. The van der Waals surface area contributed by atoms with Crippen LogP contribution in [-0.2, 0) is 4.79 Å². The summed E-state index contributed by atoms with van der Waals surface area (Å²) in [5.41, 5.74) is 1.24. The molecule has 2 heterocycles. The van der Waals surface area contributed by atoms with Crippen molar-refractivity contribution in [1.82, 2.24) is 15.0 Å². The molecule has 0 bridgehead atoms. The number of rotatable bonds is 2.